The lowest BCUT2D eigenvalue weighted by atomic mass is 9.62. The fraction of sp³-hybridized carbons (Fsp3) is 0.870. The van der Waals surface area contributed by atoms with Crippen molar-refractivity contribution < 1.29 is 9.53 Å². The topological polar surface area (TPSA) is 26.3 Å². The third-order valence-corrected chi connectivity index (χ3v) is 9.44. The Hall–Kier alpha value is -0.790. The summed E-state index contributed by atoms with van der Waals surface area (Å²) in [5.74, 6) is 7.20. The number of fused-ring (bicyclic) bond motifs is 9. The first-order chi connectivity index (χ1) is 12.0. The average molecular weight is 343 g/mol. The molecule has 0 heterocycles. The van der Waals surface area contributed by atoms with E-state index in [1.165, 1.54) is 12.8 Å². The molecule has 0 aliphatic heterocycles. The van der Waals surface area contributed by atoms with Crippen molar-refractivity contribution in [3.05, 3.63) is 12.2 Å². The van der Waals surface area contributed by atoms with Crippen LogP contribution in [0.25, 0.3) is 0 Å². The highest BCUT2D eigenvalue weighted by Gasteiger charge is 2.67. The second kappa shape index (κ2) is 5.60. The molecule has 0 aromatic carbocycles. The van der Waals surface area contributed by atoms with Crippen molar-refractivity contribution in [1.82, 2.24) is 0 Å². The lowest BCUT2D eigenvalue weighted by Crippen LogP contribution is -2.43. The molecule has 0 amide bonds. The van der Waals surface area contributed by atoms with Crippen LogP contribution in [0, 0.1) is 53.3 Å². The highest BCUT2D eigenvalue weighted by Crippen LogP contribution is 2.71. The number of rotatable bonds is 3. The Kier molecular flexibility index (Phi) is 3.67. The molecule has 5 rings (SSSR count). The van der Waals surface area contributed by atoms with E-state index >= 15 is 0 Å². The Morgan fingerprint density at radius 3 is 2.52 bits per heavy atom. The molecule has 2 heteroatoms. The zero-order valence-electron chi connectivity index (χ0n) is 16.1. The highest BCUT2D eigenvalue weighted by molar-refractivity contribution is 5.74. The van der Waals surface area contributed by atoms with Crippen LogP contribution in [0.4, 0.5) is 0 Å². The second-order valence-corrected chi connectivity index (χ2v) is 10.1. The number of carbonyl (C=O) groups excluding carboxylic acids is 1. The summed E-state index contributed by atoms with van der Waals surface area (Å²) in [5, 5.41) is 0. The minimum Gasteiger partial charge on any atom is -0.455 e. The molecule has 0 aromatic rings. The monoisotopic (exact) mass is 342 g/mol. The van der Waals surface area contributed by atoms with Crippen molar-refractivity contribution in [2.75, 3.05) is 0 Å². The summed E-state index contributed by atoms with van der Waals surface area (Å²) in [6.45, 7) is 7.13. The molecule has 10 atom stereocenters. The molecule has 5 aliphatic rings. The minimum absolute atomic E-state index is 0.142. The van der Waals surface area contributed by atoms with Gasteiger partial charge >= 0.3 is 5.97 Å². The van der Waals surface area contributed by atoms with E-state index < -0.39 is 0 Å². The van der Waals surface area contributed by atoms with Crippen LogP contribution < -0.4 is 0 Å². The lowest BCUT2D eigenvalue weighted by molar-refractivity contribution is -0.165. The van der Waals surface area contributed by atoms with Gasteiger partial charge in [0.05, 0.1) is 5.92 Å². The number of esters is 1. The van der Waals surface area contributed by atoms with Crippen molar-refractivity contribution in [2.24, 2.45) is 53.3 Å². The zero-order chi connectivity index (χ0) is 17.3. The standard InChI is InChI=1S/C23H34O2/c1-4-23(8-6-5-7-9-23)25-22(24)19-11-15-10-18(19)21-17-12-16(20(15)21)13(2)14(17)3/h6,8,13-21H,4-5,7,9-12H2,1-3H3. The van der Waals surface area contributed by atoms with Gasteiger partial charge in [0.2, 0.25) is 0 Å². The third kappa shape index (κ3) is 2.18. The summed E-state index contributed by atoms with van der Waals surface area (Å²) in [7, 11) is 0. The molecule has 0 radical (unpaired) electrons. The summed E-state index contributed by atoms with van der Waals surface area (Å²) in [6, 6.07) is 0. The summed E-state index contributed by atoms with van der Waals surface area (Å²) < 4.78 is 6.22. The zero-order valence-corrected chi connectivity index (χ0v) is 16.1. The number of hydrogen-bond donors (Lipinski definition) is 0. The van der Waals surface area contributed by atoms with E-state index in [0.29, 0.717) is 5.92 Å². The van der Waals surface area contributed by atoms with Gasteiger partial charge in [-0.05, 0) is 98.4 Å². The Bertz CT molecular complexity index is 595. The van der Waals surface area contributed by atoms with Gasteiger partial charge in [-0.15, -0.1) is 0 Å². The van der Waals surface area contributed by atoms with Crippen molar-refractivity contribution in [3.63, 3.8) is 0 Å². The highest BCUT2D eigenvalue weighted by atomic mass is 16.6. The molecule has 4 fully saturated rings. The third-order valence-electron chi connectivity index (χ3n) is 9.44. The summed E-state index contributed by atoms with van der Waals surface area (Å²) in [5.41, 5.74) is -0.299. The summed E-state index contributed by atoms with van der Waals surface area (Å²) >= 11 is 0. The Morgan fingerprint density at radius 1 is 1.08 bits per heavy atom. The fourth-order valence-electron chi connectivity index (χ4n) is 8.13. The number of carbonyl (C=O) groups is 1. The van der Waals surface area contributed by atoms with E-state index in [-0.39, 0.29) is 17.5 Å². The molecule has 138 valence electrons. The van der Waals surface area contributed by atoms with Crippen LogP contribution in [0.5, 0.6) is 0 Å². The van der Waals surface area contributed by atoms with Gasteiger partial charge in [-0.25, -0.2) is 0 Å². The van der Waals surface area contributed by atoms with Crippen LogP contribution in [0.2, 0.25) is 0 Å². The molecule has 4 bridgehead atoms. The normalized spacial score (nSPS) is 55.6. The first kappa shape index (κ1) is 16.4. The molecule has 0 spiro atoms. The van der Waals surface area contributed by atoms with E-state index in [0.717, 1.165) is 73.5 Å². The van der Waals surface area contributed by atoms with Gasteiger partial charge < -0.3 is 4.74 Å². The lowest BCUT2D eigenvalue weighted by Gasteiger charge is -2.43. The molecular formula is C23H34O2. The Labute approximate surface area is 152 Å². The van der Waals surface area contributed by atoms with E-state index in [4.69, 9.17) is 4.74 Å². The second-order valence-electron chi connectivity index (χ2n) is 10.1. The first-order valence-electron chi connectivity index (χ1n) is 10.9. The molecule has 25 heavy (non-hydrogen) atoms. The molecular weight excluding hydrogens is 308 g/mol. The van der Waals surface area contributed by atoms with Crippen LogP contribution in [0.1, 0.15) is 65.7 Å². The van der Waals surface area contributed by atoms with Gasteiger partial charge in [-0.1, -0.05) is 26.8 Å². The average Bonchev–Trinajstić information content (AvgIpc) is 3.35. The number of allylic oxidation sites excluding steroid dienone is 1. The van der Waals surface area contributed by atoms with Crippen molar-refractivity contribution >= 4 is 5.97 Å². The summed E-state index contributed by atoms with van der Waals surface area (Å²) in [6.07, 6.45) is 12.5. The van der Waals surface area contributed by atoms with Crippen LogP contribution in [0.15, 0.2) is 12.2 Å². The van der Waals surface area contributed by atoms with Crippen molar-refractivity contribution in [3.8, 4) is 0 Å². The van der Waals surface area contributed by atoms with E-state index in [1.807, 2.05) is 0 Å². The minimum atomic E-state index is -0.299. The maximum atomic E-state index is 13.2. The van der Waals surface area contributed by atoms with Crippen LogP contribution in [0.3, 0.4) is 0 Å². The van der Waals surface area contributed by atoms with Crippen LogP contribution in [-0.2, 0) is 9.53 Å². The smallest absolute Gasteiger partial charge is 0.310 e. The predicted molar refractivity (Wildman–Crippen MR) is 98.7 cm³/mol. The molecule has 10 unspecified atom stereocenters. The molecule has 5 aliphatic carbocycles. The Morgan fingerprint density at radius 2 is 1.84 bits per heavy atom. The van der Waals surface area contributed by atoms with Gasteiger partial charge in [0.15, 0.2) is 0 Å². The molecule has 0 aromatic heterocycles. The van der Waals surface area contributed by atoms with Gasteiger partial charge in [0.1, 0.15) is 5.60 Å². The van der Waals surface area contributed by atoms with Gasteiger partial charge in [-0.3, -0.25) is 4.79 Å². The quantitative estimate of drug-likeness (QED) is 0.399. The van der Waals surface area contributed by atoms with Gasteiger partial charge in [0, 0.05) is 0 Å². The molecule has 2 nitrogen and oxygen atoms in total. The maximum Gasteiger partial charge on any atom is 0.310 e. The van der Waals surface area contributed by atoms with E-state index in [9.17, 15) is 4.79 Å². The largest absolute Gasteiger partial charge is 0.455 e. The first-order valence-corrected chi connectivity index (χ1v) is 10.9. The molecule has 4 saturated carbocycles. The Balaban J connectivity index is 1.33. The van der Waals surface area contributed by atoms with Crippen molar-refractivity contribution in [1.29, 1.82) is 0 Å². The predicted octanol–water partition coefficient (Wildman–Crippen LogP) is 5.23. The van der Waals surface area contributed by atoms with E-state index in [1.54, 1.807) is 0 Å². The maximum absolute atomic E-state index is 13.2. The summed E-state index contributed by atoms with van der Waals surface area (Å²) in [4.78, 5) is 13.2. The van der Waals surface area contributed by atoms with Crippen LogP contribution >= 0.6 is 0 Å². The number of ether oxygens (including phenoxy) is 1. The molecule has 0 saturated heterocycles. The number of hydrogen-bond acceptors (Lipinski definition) is 2. The van der Waals surface area contributed by atoms with E-state index in [2.05, 4.69) is 32.9 Å². The SMILES string of the molecule is CCC1(OC(=O)C2CC3CC2C2C4CC(C(C)C4C)C32)C=CCCC1. The molecule has 0 N–H and O–H groups in total. The van der Waals surface area contributed by atoms with Crippen molar-refractivity contribution in [2.45, 2.75) is 71.3 Å². The van der Waals surface area contributed by atoms with Gasteiger partial charge in [-0.2, -0.15) is 0 Å². The van der Waals surface area contributed by atoms with Gasteiger partial charge in [0.25, 0.3) is 0 Å². The fourth-order valence-corrected chi connectivity index (χ4v) is 8.13. The van der Waals surface area contributed by atoms with Crippen LogP contribution in [-0.4, -0.2) is 11.6 Å².